The minimum absolute atomic E-state index is 0.110. The summed E-state index contributed by atoms with van der Waals surface area (Å²) in [4.78, 5) is 10.5. The number of hydrogen-bond acceptors (Lipinski definition) is 4. The highest BCUT2D eigenvalue weighted by Gasteiger charge is 2.28. The molecule has 0 fully saturated rings. The van der Waals surface area contributed by atoms with E-state index in [1.807, 2.05) is 48.8 Å². The lowest BCUT2D eigenvalue weighted by atomic mass is 9.79. The average molecular weight is 645 g/mol. The normalized spacial score (nSPS) is 14.5. The van der Waals surface area contributed by atoms with Gasteiger partial charge < -0.3 is 10.2 Å². The highest BCUT2D eigenvalue weighted by Crippen LogP contribution is 2.41. The Hall–Kier alpha value is -4.18. The molecule has 4 aromatic rings. The lowest BCUT2D eigenvalue weighted by Gasteiger charge is -2.27. The Kier molecular flexibility index (Phi) is 10.5. The second-order valence-electron chi connectivity index (χ2n) is 17.2. The van der Waals surface area contributed by atoms with E-state index < -0.39 is 12.1 Å². The topological polar surface area (TPSA) is 65.2 Å². The van der Waals surface area contributed by atoms with Crippen molar-refractivity contribution in [3.8, 4) is 11.5 Å². The maximum absolute atomic E-state index is 11.6. The van der Waals surface area contributed by atoms with E-state index in [1.54, 1.807) is 0 Å². The summed E-state index contributed by atoms with van der Waals surface area (Å²) in [6.45, 7) is 25.9. The van der Waals surface area contributed by atoms with Gasteiger partial charge in [0.1, 0.15) is 23.6 Å². The fraction of sp³-hybridized carbons (Fsp3) is 0.409. The Morgan fingerprint density at radius 1 is 0.458 bits per heavy atom. The molecule has 0 aliphatic heterocycles. The van der Waals surface area contributed by atoms with Gasteiger partial charge in [-0.3, -0.25) is 9.98 Å². The Morgan fingerprint density at radius 3 is 1.04 bits per heavy atom. The third kappa shape index (κ3) is 8.64. The monoisotopic (exact) mass is 644 g/mol. The summed E-state index contributed by atoms with van der Waals surface area (Å²) in [5, 5.41) is 23.1. The van der Waals surface area contributed by atoms with Crippen molar-refractivity contribution >= 4 is 12.4 Å². The third-order valence-electron chi connectivity index (χ3n) is 8.96. The predicted molar refractivity (Wildman–Crippen MR) is 205 cm³/mol. The van der Waals surface area contributed by atoms with Crippen molar-refractivity contribution in [2.75, 3.05) is 0 Å². The highest BCUT2D eigenvalue weighted by atomic mass is 16.3. The molecule has 0 spiro atoms. The SMILES string of the molecule is CC(C)(C)c1cc(C=N[C@@H](c2ccccc2)[C@@H](N=Cc2cc(C(C)(C)C)cc(C(C)(C)C)c2O)c2ccccc2)c(O)c(C(C)(C)C)c1. The van der Waals surface area contributed by atoms with Gasteiger partial charge >= 0.3 is 0 Å². The number of hydrogen-bond donors (Lipinski definition) is 2. The van der Waals surface area contributed by atoms with Gasteiger partial charge in [-0.15, -0.1) is 0 Å². The van der Waals surface area contributed by atoms with Crippen LogP contribution < -0.4 is 0 Å². The standard InChI is InChI=1S/C44H56N2O2/c1-41(2,3)33-23-31(39(47)35(25-33)43(7,8)9)27-45-37(29-19-15-13-16-20-29)38(30-21-17-14-18-22-30)46-28-32-24-34(42(4,5)6)26-36(40(32)48)44(10,11)12/h13-28,37-38,47-48H,1-12H3/t37-,38-/m0/s1. The van der Waals surface area contributed by atoms with Gasteiger partial charge in [-0.05, 0) is 56.0 Å². The maximum atomic E-state index is 11.6. The van der Waals surface area contributed by atoms with Gasteiger partial charge in [0, 0.05) is 34.7 Å². The molecule has 4 nitrogen and oxygen atoms in total. The van der Waals surface area contributed by atoms with Crippen molar-refractivity contribution in [2.45, 2.75) is 117 Å². The summed E-state index contributed by atoms with van der Waals surface area (Å²) in [6.07, 6.45) is 3.64. The second kappa shape index (κ2) is 13.7. The molecule has 0 saturated carbocycles. The Balaban J connectivity index is 1.94. The molecule has 48 heavy (non-hydrogen) atoms. The number of rotatable bonds is 7. The zero-order chi connectivity index (χ0) is 35.7. The van der Waals surface area contributed by atoms with Crippen molar-refractivity contribution < 1.29 is 10.2 Å². The van der Waals surface area contributed by atoms with Crippen molar-refractivity contribution in [1.29, 1.82) is 0 Å². The third-order valence-corrected chi connectivity index (χ3v) is 8.96. The molecule has 0 aromatic heterocycles. The van der Waals surface area contributed by atoms with Gasteiger partial charge in [0.15, 0.2) is 0 Å². The molecule has 4 rings (SSSR count). The summed E-state index contributed by atoms with van der Waals surface area (Å²) in [6, 6.07) is 28.0. The van der Waals surface area contributed by atoms with Gasteiger partial charge in [0.25, 0.3) is 0 Å². The molecule has 2 atom stereocenters. The van der Waals surface area contributed by atoms with E-state index in [-0.39, 0.29) is 33.2 Å². The second-order valence-corrected chi connectivity index (χ2v) is 17.2. The van der Waals surface area contributed by atoms with E-state index in [2.05, 4.69) is 132 Å². The van der Waals surface area contributed by atoms with E-state index in [0.717, 1.165) is 33.4 Å². The summed E-state index contributed by atoms with van der Waals surface area (Å²) < 4.78 is 0. The fourth-order valence-electron chi connectivity index (χ4n) is 5.84. The van der Waals surface area contributed by atoms with Crippen molar-refractivity contribution in [3.63, 3.8) is 0 Å². The smallest absolute Gasteiger partial charge is 0.128 e. The molecule has 0 heterocycles. The van der Waals surface area contributed by atoms with Crippen LogP contribution in [-0.4, -0.2) is 22.6 Å². The Bertz CT molecular complexity index is 1630. The minimum Gasteiger partial charge on any atom is -0.507 e. The van der Waals surface area contributed by atoms with Gasteiger partial charge in [-0.2, -0.15) is 0 Å². The van der Waals surface area contributed by atoms with E-state index >= 15 is 0 Å². The molecule has 0 amide bonds. The number of aliphatic imine (C=N–C) groups is 2. The van der Waals surface area contributed by atoms with E-state index in [4.69, 9.17) is 9.98 Å². The van der Waals surface area contributed by atoms with Crippen LogP contribution in [0.5, 0.6) is 11.5 Å². The number of phenolic OH excluding ortho intramolecular Hbond substituents is 2. The summed E-state index contributed by atoms with van der Waals surface area (Å²) >= 11 is 0. The summed E-state index contributed by atoms with van der Waals surface area (Å²) in [5.74, 6) is 0.508. The first-order valence-electron chi connectivity index (χ1n) is 17.1. The zero-order valence-corrected chi connectivity index (χ0v) is 31.2. The first-order valence-corrected chi connectivity index (χ1v) is 17.1. The fourth-order valence-corrected chi connectivity index (χ4v) is 5.84. The molecule has 0 bridgehead atoms. The van der Waals surface area contributed by atoms with E-state index in [1.165, 1.54) is 0 Å². The molecule has 254 valence electrons. The quantitative estimate of drug-likeness (QED) is 0.197. The highest BCUT2D eigenvalue weighted by molar-refractivity contribution is 5.86. The molecule has 0 saturated heterocycles. The lowest BCUT2D eigenvalue weighted by Crippen LogP contribution is -2.18. The number of nitrogens with zero attached hydrogens (tertiary/aromatic N) is 2. The first-order chi connectivity index (χ1) is 22.2. The van der Waals surface area contributed by atoms with Crippen LogP contribution in [0.2, 0.25) is 0 Å². The van der Waals surface area contributed by atoms with Crippen LogP contribution in [0.1, 0.15) is 140 Å². The van der Waals surface area contributed by atoms with Crippen molar-refractivity contribution in [2.24, 2.45) is 9.98 Å². The lowest BCUT2D eigenvalue weighted by molar-refractivity contribution is 0.442. The van der Waals surface area contributed by atoms with Gasteiger partial charge in [0.2, 0.25) is 0 Å². The van der Waals surface area contributed by atoms with Crippen molar-refractivity contribution in [1.82, 2.24) is 0 Å². The van der Waals surface area contributed by atoms with Crippen LogP contribution >= 0.6 is 0 Å². The van der Waals surface area contributed by atoms with Crippen LogP contribution in [0, 0.1) is 0 Å². The zero-order valence-electron chi connectivity index (χ0n) is 31.2. The van der Waals surface area contributed by atoms with Crippen LogP contribution in [0.15, 0.2) is 94.9 Å². The molecule has 0 aliphatic carbocycles. The van der Waals surface area contributed by atoms with Crippen LogP contribution in [-0.2, 0) is 21.7 Å². The molecule has 0 aliphatic rings. The van der Waals surface area contributed by atoms with E-state index in [9.17, 15) is 10.2 Å². The van der Waals surface area contributed by atoms with Gasteiger partial charge in [-0.25, -0.2) is 0 Å². The number of phenols is 2. The minimum atomic E-state index is -0.407. The largest absolute Gasteiger partial charge is 0.507 e. The number of benzene rings is 4. The predicted octanol–water partition coefficient (Wildman–Crippen LogP) is 11.3. The molecular formula is C44H56N2O2. The molecule has 0 radical (unpaired) electrons. The number of aromatic hydroxyl groups is 2. The molecule has 4 aromatic carbocycles. The summed E-state index contributed by atoms with van der Waals surface area (Å²) in [5.41, 5.74) is 6.75. The van der Waals surface area contributed by atoms with Crippen molar-refractivity contribution in [3.05, 3.63) is 129 Å². The van der Waals surface area contributed by atoms with E-state index in [0.29, 0.717) is 11.1 Å². The van der Waals surface area contributed by atoms with Crippen LogP contribution in [0.25, 0.3) is 0 Å². The molecule has 0 unspecified atom stereocenters. The van der Waals surface area contributed by atoms with Gasteiger partial charge in [-0.1, -0.05) is 156 Å². The van der Waals surface area contributed by atoms with Crippen LogP contribution in [0.3, 0.4) is 0 Å². The Morgan fingerprint density at radius 2 is 0.771 bits per heavy atom. The average Bonchev–Trinajstić information content (AvgIpc) is 2.98. The molecule has 2 N–H and O–H groups in total. The Labute approximate surface area is 289 Å². The van der Waals surface area contributed by atoms with Gasteiger partial charge in [0.05, 0.1) is 0 Å². The summed E-state index contributed by atoms with van der Waals surface area (Å²) in [7, 11) is 0. The first kappa shape index (κ1) is 36.7. The molecule has 4 heteroatoms. The maximum Gasteiger partial charge on any atom is 0.128 e. The molecular weight excluding hydrogens is 588 g/mol. The van der Waals surface area contributed by atoms with Crippen LogP contribution in [0.4, 0.5) is 0 Å².